The van der Waals surface area contributed by atoms with E-state index in [0.29, 0.717) is 32.1 Å². The van der Waals surface area contributed by atoms with Crippen LogP contribution in [0.1, 0.15) is 93.5 Å². The number of fused-ring (bicyclic) bond motifs is 5. The fraction of sp³-hybridized carbons (Fsp3) is 0.296. The Morgan fingerprint density at radius 3 is 1.43 bits per heavy atom. The maximum absolute atomic E-state index is 12.9. The van der Waals surface area contributed by atoms with Crippen LogP contribution in [-0.2, 0) is 72.0 Å². The molecule has 1 fully saturated rings. The van der Waals surface area contributed by atoms with Gasteiger partial charge in [0, 0.05) is 178 Å². The molecule has 0 bridgehead atoms. The van der Waals surface area contributed by atoms with Gasteiger partial charge in [-0.3, -0.25) is 38.8 Å². The number of rotatable bonds is 9. The van der Waals surface area contributed by atoms with Gasteiger partial charge in [0.1, 0.15) is 17.7 Å². The molecular weight excluding hydrogens is 1280 g/mol. The molecule has 4 N–H and O–H groups in total. The lowest BCUT2D eigenvalue weighted by molar-refractivity contribution is 0.0717. The van der Waals surface area contributed by atoms with E-state index in [1.807, 2.05) is 66.8 Å². The van der Waals surface area contributed by atoms with E-state index in [1.54, 1.807) is 24.4 Å². The van der Waals surface area contributed by atoms with Crippen molar-refractivity contribution < 1.29 is 29.6 Å². The highest BCUT2D eigenvalue weighted by Gasteiger charge is 2.35. The highest BCUT2D eigenvalue weighted by atomic mass is 79.9. The molecule has 0 saturated heterocycles. The molecule has 0 amide bonds. The Morgan fingerprint density at radius 1 is 0.478 bits per heavy atom. The van der Waals surface area contributed by atoms with Crippen molar-refractivity contribution in [2.24, 2.45) is 0 Å². The minimum Gasteiger partial charge on any atom is -0.503 e. The Morgan fingerprint density at radius 2 is 0.935 bits per heavy atom. The first-order valence-corrected chi connectivity index (χ1v) is 32.4. The first-order valence-electron chi connectivity index (χ1n) is 30.8. The number of aromatic hydroxyl groups is 4. The molecule has 21 heteroatoms. The predicted molar refractivity (Wildman–Crippen MR) is 355 cm³/mol. The summed E-state index contributed by atoms with van der Waals surface area (Å²) < 4.78 is 27.9. The number of halogens is 4. The third kappa shape index (κ3) is 15.4. The summed E-state index contributed by atoms with van der Waals surface area (Å²) in [5, 5.41) is 39.7. The summed E-state index contributed by atoms with van der Waals surface area (Å²) in [6, 6.07) is 43.6. The van der Waals surface area contributed by atoms with Crippen LogP contribution >= 0.6 is 39.1 Å². The number of para-hydroxylation sites is 1. The normalized spacial score (nSPS) is 17.7. The molecule has 1 aliphatic carbocycles. The summed E-state index contributed by atoms with van der Waals surface area (Å²) in [6.45, 7) is 11.3. The van der Waals surface area contributed by atoms with Crippen molar-refractivity contribution in [3.05, 3.63) is 282 Å². The van der Waals surface area contributed by atoms with Gasteiger partial charge < -0.3 is 43.4 Å². The Bertz CT molecular complexity index is 4410. The van der Waals surface area contributed by atoms with Gasteiger partial charge in [-0.2, -0.15) is 0 Å². The predicted octanol–water partition coefficient (Wildman–Crippen LogP) is 11.4. The van der Waals surface area contributed by atoms with Crippen molar-refractivity contribution >= 4 is 39.1 Å². The van der Waals surface area contributed by atoms with E-state index in [-0.39, 0.29) is 62.7 Å². The standard InChI is InChI=1S/C23H22N2O3.C18H19ClN2O2.C15H14BrClN2O2.C15H15FN2O2/c26-20-12-17-14-25(11-10-24(17)15-21(20)27)19-13-23(16-6-2-1-3-7-16)28-22-9-5-4-8-18(19)22;19-16-7-13(12-1-2-12)3-4-14(16)9-20-5-6-21-11-18(23)17(22)8-15(21)10-20;16-11-2-1-10(13(17)5-11)7-18-3-4-19-9-15(21)14(20)6-12(19)8-18;16-12-3-1-11(2-4-12)8-17-5-6-18-10-15(20)14(19)7-13(18)9-17/h1-9,12,15,19,23,27H,10-11,13-14H2;3-4,7-8,11-12,23H,1-2,5-6,9-10H2;1-2,5-6,9,21H,3-4,7-8H2;1-4,7,10,20H,5-6,8-9H2. The van der Waals surface area contributed by atoms with Crippen LogP contribution in [0.15, 0.2) is 188 Å². The van der Waals surface area contributed by atoms with Crippen LogP contribution in [0.4, 0.5) is 4.39 Å². The Kier molecular flexibility index (Phi) is 19.6. The zero-order valence-electron chi connectivity index (χ0n) is 50.5. The lowest BCUT2D eigenvalue weighted by atomic mass is 9.91. The monoisotopic (exact) mass is 1350 g/mol. The van der Waals surface area contributed by atoms with E-state index in [9.17, 15) is 44.0 Å². The molecule has 6 aliphatic rings. The fourth-order valence-electron chi connectivity index (χ4n) is 12.6. The van der Waals surface area contributed by atoms with Gasteiger partial charge in [-0.1, -0.05) is 118 Å². The zero-order chi connectivity index (χ0) is 64.2. The first-order chi connectivity index (χ1) is 44.4. The topological polar surface area (TPSA) is 191 Å². The van der Waals surface area contributed by atoms with E-state index in [0.717, 1.165) is 138 Å². The molecule has 2 atom stereocenters. The number of hydrogen-bond acceptors (Lipinski definition) is 13. The number of pyridine rings is 4. The summed E-state index contributed by atoms with van der Waals surface area (Å²) in [4.78, 5) is 55.7. The average molecular weight is 1350 g/mol. The molecule has 1 saturated carbocycles. The second-order valence-electron chi connectivity index (χ2n) is 24.2. The van der Waals surface area contributed by atoms with Crippen LogP contribution in [0, 0.1) is 5.82 Å². The molecule has 15 rings (SSSR count). The van der Waals surface area contributed by atoms with Crippen molar-refractivity contribution in [1.82, 2.24) is 37.9 Å². The van der Waals surface area contributed by atoms with Crippen LogP contribution in [0.3, 0.4) is 0 Å². The lowest BCUT2D eigenvalue weighted by Crippen LogP contribution is -2.40. The van der Waals surface area contributed by atoms with Crippen molar-refractivity contribution in [3.63, 3.8) is 0 Å². The van der Waals surface area contributed by atoms with Gasteiger partial charge in [0.15, 0.2) is 23.0 Å². The fourth-order valence-corrected chi connectivity index (χ4v) is 13.6. The molecule has 0 spiro atoms. The number of aromatic nitrogens is 4. The van der Waals surface area contributed by atoms with E-state index in [1.165, 1.54) is 78.5 Å². The molecule has 92 heavy (non-hydrogen) atoms. The van der Waals surface area contributed by atoms with Crippen molar-refractivity contribution in [1.29, 1.82) is 0 Å². The van der Waals surface area contributed by atoms with Crippen LogP contribution in [0.2, 0.25) is 10.0 Å². The van der Waals surface area contributed by atoms with Gasteiger partial charge in [-0.15, -0.1) is 0 Å². The highest BCUT2D eigenvalue weighted by molar-refractivity contribution is 9.10. The van der Waals surface area contributed by atoms with Crippen molar-refractivity contribution in [2.75, 3.05) is 26.2 Å². The number of benzene rings is 5. The Labute approximate surface area is 549 Å². The molecule has 9 heterocycles. The highest BCUT2D eigenvalue weighted by Crippen LogP contribution is 2.45. The Hall–Kier alpha value is -8.27. The first kappa shape index (κ1) is 63.9. The van der Waals surface area contributed by atoms with Crippen molar-refractivity contribution in [3.8, 4) is 28.7 Å². The number of ether oxygens (including phenoxy) is 1. The summed E-state index contributed by atoms with van der Waals surface area (Å²) in [5.41, 5.74) is 9.34. The van der Waals surface area contributed by atoms with E-state index < -0.39 is 0 Å². The molecule has 5 aliphatic heterocycles. The molecular formula is C71H70BrCl2FN8O9. The molecule has 9 aromatic rings. The third-order valence-corrected chi connectivity index (χ3v) is 19.0. The third-order valence-electron chi connectivity index (χ3n) is 17.8. The molecule has 5 aromatic carbocycles. The minimum atomic E-state index is -0.347. The number of nitrogens with zero attached hydrogens (tertiary/aromatic N) is 8. The van der Waals surface area contributed by atoms with Crippen LogP contribution < -0.4 is 26.5 Å². The maximum Gasteiger partial charge on any atom is 0.223 e. The maximum atomic E-state index is 12.9. The second-order valence-corrected chi connectivity index (χ2v) is 26.0. The Balaban J connectivity index is 0.000000119. The second kappa shape index (κ2) is 28.3. The van der Waals surface area contributed by atoms with Gasteiger partial charge >= 0.3 is 0 Å². The molecule has 17 nitrogen and oxygen atoms in total. The van der Waals surface area contributed by atoms with Gasteiger partial charge in [-0.05, 0) is 83.0 Å². The minimum absolute atomic E-state index is 0.00466. The van der Waals surface area contributed by atoms with E-state index in [4.69, 9.17) is 27.9 Å². The van der Waals surface area contributed by atoms with Gasteiger partial charge in [-0.25, -0.2) is 4.39 Å². The van der Waals surface area contributed by atoms with Crippen LogP contribution in [0.25, 0.3) is 0 Å². The van der Waals surface area contributed by atoms with E-state index in [2.05, 4.69) is 78.0 Å². The summed E-state index contributed by atoms with van der Waals surface area (Å²) in [6.07, 6.45) is 9.52. The number of hydrogen-bond donors (Lipinski definition) is 4. The summed E-state index contributed by atoms with van der Waals surface area (Å²) in [7, 11) is 0. The quantitative estimate of drug-likeness (QED) is 0.107. The van der Waals surface area contributed by atoms with Crippen LogP contribution in [0.5, 0.6) is 28.7 Å². The van der Waals surface area contributed by atoms with E-state index >= 15 is 0 Å². The molecule has 0 radical (unpaired) electrons. The largest absolute Gasteiger partial charge is 0.503 e. The molecule has 476 valence electrons. The average Bonchev–Trinajstić information content (AvgIpc) is 0.974. The summed E-state index contributed by atoms with van der Waals surface area (Å²) >= 11 is 16.1. The summed E-state index contributed by atoms with van der Waals surface area (Å²) in [5.74, 6) is 0.645. The molecule has 2 unspecified atom stereocenters. The van der Waals surface area contributed by atoms with Gasteiger partial charge in [0.25, 0.3) is 0 Å². The SMILES string of the molecule is O=c1cc2n(cc1O)CCN(C1CC(c3ccccc3)Oc3ccccc31)C2.O=c1cc2n(cc1O)CCN(Cc1ccc(Br)cc1Cl)C2.O=c1cc2n(cc1O)CCN(Cc1ccc(C3CC3)cc1Cl)C2.O=c1cc2n(cc1O)CCN(Cc1ccc(F)cc1)C2. The lowest BCUT2D eigenvalue weighted by Gasteiger charge is -2.41. The smallest absolute Gasteiger partial charge is 0.223 e. The van der Waals surface area contributed by atoms with Gasteiger partial charge in [0.05, 0.1) is 24.8 Å². The zero-order valence-corrected chi connectivity index (χ0v) is 53.6. The molecule has 4 aromatic heterocycles. The van der Waals surface area contributed by atoms with Crippen LogP contribution in [-0.4, -0.2) is 84.5 Å². The van der Waals surface area contributed by atoms with Crippen molar-refractivity contribution in [2.45, 2.75) is 109 Å². The van der Waals surface area contributed by atoms with Gasteiger partial charge in [0.2, 0.25) is 21.7 Å².